The van der Waals surface area contributed by atoms with Crippen molar-refractivity contribution in [2.24, 2.45) is 23.2 Å². The van der Waals surface area contributed by atoms with E-state index in [1.54, 1.807) is 18.2 Å². The molecule has 21 heteroatoms. The number of amides is 3. The van der Waals surface area contributed by atoms with E-state index in [1.807, 2.05) is 51.8 Å². The molecule has 4 N–H and O–H groups in total. The van der Waals surface area contributed by atoms with Gasteiger partial charge in [0.25, 0.3) is 0 Å². The van der Waals surface area contributed by atoms with Gasteiger partial charge in [0.15, 0.2) is 5.13 Å². The highest BCUT2D eigenvalue weighted by Gasteiger charge is 2.61. The van der Waals surface area contributed by atoms with Gasteiger partial charge in [-0.1, -0.05) is 45.7 Å². The first-order valence-corrected chi connectivity index (χ1v) is 24.9. The fourth-order valence-corrected chi connectivity index (χ4v) is 11.1. The van der Waals surface area contributed by atoms with Crippen LogP contribution in [0, 0.1) is 23.2 Å². The summed E-state index contributed by atoms with van der Waals surface area (Å²) >= 11 is 8.49. The molecule has 5 fully saturated rings. The molecule has 4 heterocycles. The lowest BCUT2D eigenvalue weighted by Crippen LogP contribution is -2.59. The number of alkyl carbamates (subject to hydrolysis) is 1. The highest BCUT2D eigenvalue weighted by atomic mass is 35.5. The van der Waals surface area contributed by atoms with Crippen LogP contribution in [0.4, 0.5) is 23.1 Å². The van der Waals surface area contributed by atoms with Crippen LogP contribution in [-0.2, 0) is 19.1 Å². The maximum Gasteiger partial charge on any atom is 0.408 e. The zero-order valence-corrected chi connectivity index (χ0v) is 40.9. The number of hydrogen-bond donors (Lipinski definition) is 4. The minimum atomic E-state index is -4.25. The predicted octanol–water partition coefficient (Wildman–Crippen LogP) is 7.05. The predicted molar refractivity (Wildman–Crippen MR) is 250 cm³/mol. The molecule has 3 aromatic rings. The summed E-state index contributed by atoms with van der Waals surface area (Å²) in [6.07, 6.45) is -2.45. The Morgan fingerprint density at radius 1 is 0.971 bits per heavy atom. The lowest BCUT2D eigenvalue weighted by atomic mass is 9.85. The van der Waals surface area contributed by atoms with Gasteiger partial charge in [0.1, 0.15) is 58.7 Å². The Morgan fingerprint density at radius 3 is 2.31 bits per heavy atom. The Hall–Kier alpha value is -4.66. The number of carboxylic acids is 1. The maximum absolute atomic E-state index is 14.8. The van der Waals surface area contributed by atoms with Gasteiger partial charge in [0.2, 0.25) is 11.8 Å². The van der Waals surface area contributed by atoms with E-state index in [0.717, 1.165) is 19.3 Å². The summed E-state index contributed by atoms with van der Waals surface area (Å²) in [5.74, 6) is -0.771. The van der Waals surface area contributed by atoms with Gasteiger partial charge in [-0.2, -0.15) is 13.2 Å². The van der Waals surface area contributed by atoms with Crippen LogP contribution in [0.15, 0.2) is 23.6 Å². The highest BCUT2D eigenvalue weighted by Crippen LogP contribution is 2.52. The molecule has 8 rings (SSSR count). The molecule has 8 atom stereocenters. The number of ether oxygens (including phenoxy) is 3. The van der Waals surface area contributed by atoms with Crippen molar-refractivity contribution >= 4 is 62.8 Å². The molecule has 5 aliphatic rings. The van der Waals surface area contributed by atoms with E-state index in [-0.39, 0.29) is 49.1 Å². The average molecular weight is 992 g/mol. The zero-order chi connectivity index (χ0) is 48.9. The van der Waals surface area contributed by atoms with Crippen LogP contribution in [0.1, 0.15) is 80.1 Å². The number of pyridine rings is 1. The number of likely N-dealkylation sites (tertiary alicyclic amines) is 1. The van der Waals surface area contributed by atoms with Crippen molar-refractivity contribution in [1.29, 1.82) is 0 Å². The van der Waals surface area contributed by atoms with E-state index in [2.05, 4.69) is 16.0 Å². The number of thiazole rings is 1. The molecule has 3 aliphatic carbocycles. The first kappa shape index (κ1) is 49.8. The molecule has 2 saturated heterocycles. The van der Waals surface area contributed by atoms with Crippen LogP contribution in [0.2, 0.25) is 5.02 Å². The van der Waals surface area contributed by atoms with E-state index in [0.29, 0.717) is 89.9 Å². The Bertz CT molecular complexity index is 2370. The fraction of sp³-hybridized carbons (Fsp3) is 0.660. The number of carbonyl (C=O) groups is 4. The first-order chi connectivity index (χ1) is 32.1. The van der Waals surface area contributed by atoms with Gasteiger partial charge in [0.05, 0.1) is 24.3 Å². The highest BCUT2D eigenvalue weighted by molar-refractivity contribution is 7.14. The van der Waals surface area contributed by atoms with Crippen LogP contribution >= 0.6 is 22.9 Å². The van der Waals surface area contributed by atoms with Crippen molar-refractivity contribution in [3.8, 4) is 22.9 Å². The van der Waals surface area contributed by atoms with Crippen molar-refractivity contribution < 1.29 is 51.7 Å². The molecule has 0 spiro atoms. The van der Waals surface area contributed by atoms with Crippen LogP contribution in [0.5, 0.6) is 11.5 Å². The van der Waals surface area contributed by atoms with E-state index < -0.39 is 65.7 Å². The molecule has 1 aromatic carbocycles. The number of piperazine rings is 1. The summed E-state index contributed by atoms with van der Waals surface area (Å²) in [7, 11) is 0. The van der Waals surface area contributed by atoms with Crippen molar-refractivity contribution in [3.63, 3.8) is 0 Å². The van der Waals surface area contributed by atoms with Crippen molar-refractivity contribution in [1.82, 2.24) is 35.3 Å². The molecular formula is C47H62ClF3N8O8S. The number of carbonyl (C=O) groups excluding carboxylic acids is 3. The van der Waals surface area contributed by atoms with Gasteiger partial charge >= 0.3 is 18.2 Å². The number of anilines is 1. The Morgan fingerprint density at radius 2 is 1.68 bits per heavy atom. The van der Waals surface area contributed by atoms with E-state index in [9.17, 15) is 37.5 Å². The van der Waals surface area contributed by atoms with Gasteiger partial charge < -0.3 is 40.2 Å². The molecule has 0 radical (unpaired) electrons. The second kappa shape index (κ2) is 19.6. The smallest absolute Gasteiger partial charge is 0.408 e. The second-order valence-corrected chi connectivity index (χ2v) is 21.7. The molecule has 0 bridgehead atoms. The average Bonchev–Trinajstić information content (AvgIpc) is 3.93. The molecule has 1 unspecified atom stereocenters. The van der Waals surface area contributed by atoms with Crippen molar-refractivity contribution in [2.45, 2.75) is 122 Å². The van der Waals surface area contributed by atoms with Gasteiger partial charge in [-0.15, -0.1) is 11.3 Å². The summed E-state index contributed by atoms with van der Waals surface area (Å²) in [5, 5.41) is 22.4. The fourth-order valence-electron chi connectivity index (χ4n) is 9.98. The number of aliphatic carboxylic acids is 1. The lowest BCUT2D eigenvalue weighted by molar-refractivity contribution is -0.149. The normalized spacial score (nSPS) is 26.6. The number of fused-ring (bicyclic) bond motifs is 2. The number of nitrogens with zero attached hydrogens (tertiary/aromatic N) is 5. The number of hydrogen-bond acceptors (Lipinski definition) is 13. The van der Waals surface area contributed by atoms with Crippen molar-refractivity contribution in [2.75, 3.05) is 57.7 Å². The van der Waals surface area contributed by atoms with Gasteiger partial charge in [-0.3, -0.25) is 19.4 Å². The molecule has 2 aliphatic heterocycles. The number of halogens is 4. The van der Waals surface area contributed by atoms with Crippen LogP contribution in [0.25, 0.3) is 22.3 Å². The maximum atomic E-state index is 14.8. The standard InChI is InChI=1S/C47H62ClF3N8O8S/c1-7-28-21-46(28,42(62)63)56-40(60)34-19-30(22-59(34)41(61)39(45(4,5)6)55-44(64)67-29-17-26-16-27(26)18-29)66-36-20-32(33-23-68-43(54-33)52-25(2)3)53-38-31(36)8-9-35(37(38)48)65-15-14-57-10-12-58(13-11-57)24-47(49,50)51/h8-9,20,23,25-30,34,39H,7,10-19,21-22,24H2,1-6H3,(H,52,54)(H,55,64)(H,56,60)(H,62,63)/t26-,27+,28-,29?,30-,34+,39-,46+/m1/s1. The summed E-state index contributed by atoms with van der Waals surface area (Å²) in [4.78, 5) is 69.6. The monoisotopic (exact) mass is 990 g/mol. The van der Waals surface area contributed by atoms with Gasteiger partial charge in [0, 0.05) is 62.0 Å². The molecule has 2 aromatic heterocycles. The molecule has 68 heavy (non-hydrogen) atoms. The largest absolute Gasteiger partial charge is 0.491 e. The first-order valence-electron chi connectivity index (χ1n) is 23.6. The third-order valence-electron chi connectivity index (χ3n) is 13.9. The number of nitrogens with one attached hydrogen (secondary N) is 3. The van der Waals surface area contributed by atoms with E-state index >= 15 is 0 Å². The van der Waals surface area contributed by atoms with Crippen LogP contribution in [-0.4, -0.2) is 148 Å². The quantitative estimate of drug-likeness (QED) is 0.108. The Labute approximate surface area is 403 Å². The number of carboxylic acid groups (broad SMARTS) is 1. The summed E-state index contributed by atoms with van der Waals surface area (Å²) in [5.41, 5.74) is -0.986. The lowest BCUT2D eigenvalue weighted by Gasteiger charge is -2.35. The molecular weight excluding hydrogens is 929 g/mol. The SMILES string of the molecule is CC[C@@H]1C[C@@]1(NC(=O)[C@@H]1C[C@@H](Oc2cc(-c3csc(NC(C)C)n3)nc3c(Cl)c(OCCN4CCN(CC(F)(F)F)CC4)ccc23)CN1C(=O)[C@@H](NC(=O)OC1C[C@@H]2C[C@@H]2C1)C(C)(C)C)C(=O)O. The summed E-state index contributed by atoms with van der Waals surface area (Å²) < 4.78 is 57.6. The second-order valence-electron chi connectivity index (χ2n) is 20.5. The zero-order valence-electron chi connectivity index (χ0n) is 39.3. The Kier molecular flexibility index (Phi) is 14.4. The third kappa shape index (κ3) is 11.3. The minimum Gasteiger partial charge on any atom is -0.491 e. The van der Waals surface area contributed by atoms with Gasteiger partial charge in [-0.05, 0) is 74.8 Å². The third-order valence-corrected chi connectivity index (χ3v) is 15.0. The molecule has 3 saturated carbocycles. The van der Waals surface area contributed by atoms with E-state index in [1.165, 1.54) is 21.1 Å². The van der Waals surface area contributed by atoms with Crippen LogP contribution < -0.4 is 25.4 Å². The number of rotatable bonds is 17. The number of benzene rings is 1. The van der Waals surface area contributed by atoms with Gasteiger partial charge in [-0.25, -0.2) is 19.6 Å². The number of alkyl halides is 3. The molecule has 16 nitrogen and oxygen atoms in total. The molecule has 372 valence electrons. The molecule has 3 amide bonds. The van der Waals surface area contributed by atoms with Crippen LogP contribution in [0.3, 0.4) is 0 Å². The Balaban J connectivity index is 1.06. The minimum absolute atomic E-state index is 0.00603. The summed E-state index contributed by atoms with van der Waals surface area (Å²) in [6.45, 7) is 12.5. The topological polar surface area (TPSA) is 188 Å². The summed E-state index contributed by atoms with van der Waals surface area (Å²) in [6, 6.07) is 3.01. The number of aromatic nitrogens is 2. The van der Waals surface area contributed by atoms with E-state index in [4.69, 9.17) is 35.8 Å². The van der Waals surface area contributed by atoms with Crippen molar-refractivity contribution in [3.05, 3.63) is 28.6 Å².